The molecule has 0 fully saturated rings. The number of hydrogen-bond acceptors (Lipinski definition) is 8. The van der Waals surface area contributed by atoms with Crippen molar-refractivity contribution in [2.24, 2.45) is 0 Å². The molecule has 0 aromatic heterocycles. The van der Waals surface area contributed by atoms with Crippen molar-refractivity contribution in [2.45, 2.75) is 187 Å². The smallest absolute Gasteiger partial charge is 0.306 e. The molecule has 9 nitrogen and oxygen atoms in total. The van der Waals surface area contributed by atoms with Gasteiger partial charge in [-0.25, -0.2) is 0 Å². The SMILES string of the molecule is CC/C=C\C/C=C\C/C=C\C/C=C\C/C=C\C/C=C\C/C=C\CCCCCCCCCC(=O)OC(COC(=O)CCCCCCC/C=C\C/C=C\CCC)COP(=O)([O-])OCC[N+](C)(C)C. The second kappa shape index (κ2) is 46.8. The van der Waals surface area contributed by atoms with Gasteiger partial charge in [0.05, 0.1) is 27.7 Å². The second-order valence-corrected chi connectivity index (χ2v) is 19.2. The number of ether oxygens (including phenoxy) is 2. The van der Waals surface area contributed by atoms with Crippen molar-refractivity contribution < 1.29 is 42.1 Å². The van der Waals surface area contributed by atoms with E-state index in [0.29, 0.717) is 23.9 Å². The van der Waals surface area contributed by atoms with Crippen molar-refractivity contribution in [3.05, 3.63) is 109 Å². The van der Waals surface area contributed by atoms with E-state index in [1.165, 1.54) is 19.3 Å². The molecule has 0 bridgehead atoms. The third-order valence-electron chi connectivity index (χ3n) is 10.3. The highest BCUT2D eigenvalue weighted by molar-refractivity contribution is 7.45. The lowest BCUT2D eigenvalue weighted by Gasteiger charge is -2.28. The molecule has 0 amide bonds. The molecule has 0 aliphatic heterocycles. The summed E-state index contributed by atoms with van der Waals surface area (Å²) < 4.78 is 34.0. The number of unbranched alkanes of at least 4 members (excludes halogenated alkanes) is 13. The number of rotatable bonds is 45. The number of hydrogen-bond donors (Lipinski definition) is 0. The lowest BCUT2D eigenvalue weighted by atomic mass is 10.1. The predicted octanol–water partition coefficient (Wildman–Crippen LogP) is 14.8. The molecule has 0 spiro atoms. The first-order chi connectivity index (χ1) is 32.0. The maximum absolute atomic E-state index is 12.7. The highest BCUT2D eigenvalue weighted by Gasteiger charge is 2.21. The Labute approximate surface area is 404 Å². The Morgan fingerprint density at radius 3 is 1.29 bits per heavy atom. The third-order valence-corrected chi connectivity index (χ3v) is 11.2. The van der Waals surface area contributed by atoms with Gasteiger partial charge in [0.15, 0.2) is 6.10 Å². The Morgan fingerprint density at radius 1 is 0.485 bits per heavy atom. The molecular weight excluding hydrogens is 846 g/mol. The number of likely N-dealkylation sites (N-methyl/N-ethyl adjacent to an activating group) is 1. The molecule has 0 aromatic rings. The molecule has 2 atom stereocenters. The molecule has 0 rings (SSSR count). The van der Waals surface area contributed by atoms with Gasteiger partial charge in [0.25, 0.3) is 7.82 Å². The van der Waals surface area contributed by atoms with E-state index < -0.39 is 32.5 Å². The highest BCUT2D eigenvalue weighted by atomic mass is 31.2. The molecule has 0 aromatic carbocycles. The van der Waals surface area contributed by atoms with Crippen molar-refractivity contribution in [1.82, 2.24) is 0 Å². The van der Waals surface area contributed by atoms with Crippen molar-refractivity contribution >= 4 is 19.8 Å². The van der Waals surface area contributed by atoms with Crippen LogP contribution in [0.25, 0.3) is 0 Å². The number of esters is 2. The fourth-order valence-electron chi connectivity index (χ4n) is 6.32. The van der Waals surface area contributed by atoms with Crippen molar-refractivity contribution in [1.29, 1.82) is 0 Å². The molecule has 0 aliphatic rings. The molecule has 0 radical (unpaired) electrons. The first kappa shape index (κ1) is 62.7. The van der Waals surface area contributed by atoms with Crippen LogP contribution in [0.15, 0.2) is 109 Å². The van der Waals surface area contributed by atoms with Crippen LogP contribution < -0.4 is 4.89 Å². The molecule has 0 saturated carbocycles. The van der Waals surface area contributed by atoms with Gasteiger partial charge in [-0.3, -0.25) is 14.2 Å². The second-order valence-electron chi connectivity index (χ2n) is 17.8. The standard InChI is InChI=1S/C56H94NO8P/c1-6-8-10-12-14-16-18-20-21-22-23-24-25-26-27-28-29-30-31-32-33-34-35-37-39-41-43-45-47-49-56(59)65-54(53-64-66(60,61)63-51-50-57(3,4)5)52-62-55(58)48-46-44-42-40-38-36-19-17-15-13-11-9-7-2/h8,10-11,13-14,16-17,19-21,23-24,26-27,29-30,32-33,54H,6-7,9,12,15,18,22,25,28,31,34-53H2,1-5H3/b10-8-,13-11-,16-14-,19-17-,21-20-,24-23-,27-26-,30-29-,33-32-. The van der Waals surface area contributed by atoms with Gasteiger partial charge < -0.3 is 27.9 Å². The van der Waals surface area contributed by atoms with E-state index in [0.717, 1.165) is 122 Å². The van der Waals surface area contributed by atoms with Crippen LogP contribution in [0.4, 0.5) is 0 Å². The fourth-order valence-corrected chi connectivity index (χ4v) is 7.05. The maximum atomic E-state index is 12.7. The number of carbonyl (C=O) groups excluding carboxylic acids is 2. The van der Waals surface area contributed by atoms with E-state index in [9.17, 15) is 19.0 Å². The van der Waals surface area contributed by atoms with Gasteiger partial charge in [-0.1, -0.05) is 181 Å². The average molecular weight is 940 g/mol. The van der Waals surface area contributed by atoms with Gasteiger partial charge in [0.1, 0.15) is 19.8 Å². The first-order valence-electron chi connectivity index (χ1n) is 25.6. The maximum Gasteiger partial charge on any atom is 0.306 e. The van der Waals surface area contributed by atoms with Crippen LogP contribution in [0.1, 0.15) is 181 Å². The summed E-state index contributed by atoms with van der Waals surface area (Å²) in [6.45, 7) is 4.00. The van der Waals surface area contributed by atoms with Crippen LogP contribution >= 0.6 is 7.82 Å². The Morgan fingerprint density at radius 2 is 0.864 bits per heavy atom. The van der Waals surface area contributed by atoms with Crippen LogP contribution in [0.5, 0.6) is 0 Å². The lowest BCUT2D eigenvalue weighted by molar-refractivity contribution is -0.870. The number of quaternary nitrogens is 1. The molecule has 66 heavy (non-hydrogen) atoms. The average Bonchev–Trinajstić information content (AvgIpc) is 3.27. The summed E-state index contributed by atoms with van der Waals surface area (Å²) in [6, 6.07) is 0. The molecule has 2 unspecified atom stereocenters. The largest absolute Gasteiger partial charge is 0.756 e. The summed E-state index contributed by atoms with van der Waals surface area (Å²) in [6.07, 6.45) is 64.1. The van der Waals surface area contributed by atoms with Gasteiger partial charge in [0.2, 0.25) is 0 Å². The van der Waals surface area contributed by atoms with Gasteiger partial charge in [0, 0.05) is 12.8 Å². The third kappa shape index (κ3) is 50.1. The monoisotopic (exact) mass is 940 g/mol. The number of nitrogens with zero attached hydrogens (tertiary/aromatic N) is 1. The molecule has 376 valence electrons. The Balaban J connectivity index is 4.26. The van der Waals surface area contributed by atoms with Crippen molar-refractivity contribution in [3.8, 4) is 0 Å². The van der Waals surface area contributed by atoms with Crippen LogP contribution in [-0.4, -0.2) is 70.0 Å². The van der Waals surface area contributed by atoms with Crippen LogP contribution in [0, 0.1) is 0 Å². The number of phosphoric acid groups is 1. The van der Waals surface area contributed by atoms with Crippen molar-refractivity contribution in [3.63, 3.8) is 0 Å². The zero-order chi connectivity index (χ0) is 48.5. The van der Waals surface area contributed by atoms with Crippen LogP contribution in [0.3, 0.4) is 0 Å². The van der Waals surface area contributed by atoms with Gasteiger partial charge in [-0.2, -0.15) is 0 Å². The number of phosphoric ester groups is 1. The van der Waals surface area contributed by atoms with E-state index in [1.54, 1.807) is 0 Å². The van der Waals surface area contributed by atoms with E-state index in [1.807, 2.05) is 21.1 Å². The predicted molar refractivity (Wildman–Crippen MR) is 277 cm³/mol. The Bertz CT molecular complexity index is 1480. The Hall–Kier alpha value is -3.33. The molecule has 0 heterocycles. The van der Waals surface area contributed by atoms with Crippen LogP contribution in [0.2, 0.25) is 0 Å². The summed E-state index contributed by atoms with van der Waals surface area (Å²) in [5.41, 5.74) is 0. The minimum atomic E-state index is -4.64. The number of allylic oxidation sites excluding steroid dienone is 18. The molecule has 0 saturated heterocycles. The minimum absolute atomic E-state index is 0.0417. The molecule has 10 heteroatoms. The van der Waals surface area contributed by atoms with Gasteiger partial charge in [-0.15, -0.1) is 0 Å². The zero-order valence-corrected chi connectivity index (χ0v) is 43.2. The lowest BCUT2D eigenvalue weighted by Crippen LogP contribution is -2.37. The van der Waals surface area contributed by atoms with E-state index >= 15 is 0 Å². The summed E-state index contributed by atoms with van der Waals surface area (Å²) in [4.78, 5) is 37.7. The minimum Gasteiger partial charge on any atom is -0.756 e. The molecular formula is C56H94NO8P. The summed E-state index contributed by atoms with van der Waals surface area (Å²) in [5.74, 6) is -0.874. The summed E-state index contributed by atoms with van der Waals surface area (Å²) in [7, 11) is 1.13. The summed E-state index contributed by atoms with van der Waals surface area (Å²) in [5, 5.41) is 0. The van der Waals surface area contributed by atoms with E-state index in [-0.39, 0.29) is 26.1 Å². The van der Waals surface area contributed by atoms with Gasteiger partial charge in [-0.05, 0) is 96.3 Å². The Kier molecular flexibility index (Phi) is 44.4. The van der Waals surface area contributed by atoms with E-state index in [4.69, 9.17) is 18.5 Å². The normalized spacial score (nSPS) is 14.3. The van der Waals surface area contributed by atoms with Gasteiger partial charge >= 0.3 is 11.9 Å². The summed E-state index contributed by atoms with van der Waals surface area (Å²) >= 11 is 0. The number of carbonyl (C=O) groups is 2. The topological polar surface area (TPSA) is 111 Å². The van der Waals surface area contributed by atoms with Crippen molar-refractivity contribution in [2.75, 3.05) is 47.5 Å². The quantitative estimate of drug-likeness (QED) is 0.0195. The molecule has 0 N–H and O–H groups in total. The first-order valence-corrected chi connectivity index (χ1v) is 27.1. The van der Waals surface area contributed by atoms with Crippen LogP contribution in [-0.2, 0) is 32.7 Å². The van der Waals surface area contributed by atoms with E-state index in [2.05, 4.69) is 123 Å². The fraction of sp³-hybridized carbons (Fsp3) is 0.643. The molecule has 0 aliphatic carbocycles. The zero-order valence-electron chi connectivity index (χ0n) is 42.3. The highest BCUT2D eigenvalue weighted by Crippen LogP contribution is 2.38.